The second kappa shape index (κ2) is 6.94. The van der Waals surface area contributed by atoms with Crippen molar-refractivity contribution in [1.82, 2.24) is 19.7 Å². The molecule has 0 spiro atoms. The van der Waals surface area contributed by atoms with Crippen LogP contribution < -0.4 is 5.32 Å². The van der Waals surface area contributed by atoms with Gasteiger partial charge in [0.15, 0.2) is 0 Å². The Morgan fingerprint density at radius 1 is 1.11 bits per heavy atom. The number of aromatic nitrogens is 4. The average molecular weight is 395 g/mol. The fourth-order valence-corrected chi connectivity index (χ4v) is 4.69. The molecule has 0 saturated carbocycles. The Morgan fingerprint density at radius 3 is 2.39 bits per heavy atom. The number of fused-ring (bicyclic) bond motifs is 1. The Morgan fingerprint density at radius 2 is 1.75 bits per heavy atom. The summed E-state index contributed by atoms with van der Waals surface area (Å²) in [5.74, 6) is 1.16. The summed E-state index contributed by atoms with van der Waals surface area (Å²) in [6.07, 6.45) is 0. The number of phenols is 1. The van der Waals surface area contributed by atoms with Gasteiger partial charge in [0.2, 0.25) is 5.91 Å². The molecule has 0 saturated heterocycles. The number of benzene rings is 1. The van der Waals surface area contributed by atoms with Crippen molar-refractivity contribution >= 4 is 23.5 Å². The monoisotopic (exact) mass is 395 g/mol. The molecule has 2 unspecified atom stereocenters. The molecule has 4 rings (SSSR count). The number of rotatable bonds is 2. The summed E-state index contributed by atoms with van der Waals surface area (Å²) in [5.41, 5.74) is 4.40. The van der Waals surface area contributed by atoms with E-state index in [4.69, 9.17) is 0 Å². The zero-order valence-corrected chi connectivity index (χ0v) is 16.9. The van der Waals surface area contributed by atoms with Crippen LogP contribution in [0.15, 0.2) is 30.3 Å². The second-order valence-electron chi connectivity index (χ2n) is 6.95. The van der Waals surface area contributed by atoms with E-state index >= 15 is 0 Å². The third kappa shape index (κ3) is 3.24. The van der Waals surface area contributed by atoms with Gasteiger partial charge in [0.25, 0.3) is 5.95 Å². The number of anilines is 1. The third-order valence-corrected chi connectivity index (χ3v) is 6.08. The fraction of sp³-hybridized carbons (Fsp3) is 0.300. The highest BCUT2D eigenvalue weighted by molar-refractivity contribution is 8.01. The molecule has 0 radical (unpaired) electrons. The number of aromatic hydroxyl groups is 1. The van der Waals surface area contributed by atoms with Gasteiger partial charge in [-0.2, -0.15) is 9.78 Å². The zero-order chi connectivity index (χ0) is 20.0. The van der Waals surface area contributed by atoms with E-state index in [0.29, 0.717) is 11.8 Å². The molecule has 0 aliphatic carbocycles. The van der Waals surface area contributed by atoms with Crippen molar-refractivity contribution < 1.29 is 9.90 Å². The molecule has 3 aromatic rings. The van der Waals surface area contributed by atoms with E-state index in [9.17, 15) is 9.90 Å². The molecule has 1 aliphatic heterocycles. The lowest BCUT2D eigenvalue weighted by molar-refractivity contribution is -0.115. The van der Waals surface area contributed by atoms with E-state index in [1.54, 1.807) is 28.6 Å². The number of aryl methyl sites for hydroxylation is 3. The maximum Gasteiger partial charge on any atom is 0.252 e. The van der Waals surface area contributed by atoms with E-state index in [1.165, 1.54) is 0 Å². The summed E-state index contributed by atoms with van der Waals surface area (Å²) < 4.78 is 1.62. The maximum absolute atomic E-state index is 12.7. The van der Waals surface area contributed by atoms with Gasteiger partial charge in [0, 0.05) is 17.0 Å². The quantitative estimate of drug-likeness (QED) is 0.690. The van der Waals surface area contributed by atoms with Gasteiger partial charge < -0.3 is 10.4 Å². The first-order valence-electron chi connectivity index (χ1n) is 9.01. The Kier molecular flexibility index (Phi) is 4.58. The van der Waals surface area contributed by atoms with Crippen LogP contribution in [0, 0.1) is 20.8 Å². The normalized spacial score (nSPS) is 19.1. The number of hydrogen-bond acceptors (Lipinski definition) is 6. The highest BCUT2D eigenvalue weighted by atomic mass is 32.2. The van der Waals surface area contributed by atoms with Gasteiger partial charge in [0.05, 0.1) is 16.2 Å². The number of nitrogens with one attached hydrogen (secondary N) is 1. The topological polar surface area (TPSA) is 92.9 Å². The van der Waals surface area contributed by atoms with Crippen molar-refractivity contribution in [3.8, 4) is 11.7 Å². The van der Waals surface area contributed by atoms with Crippen molar-refractivity contribution in [1.29, 1.82) is 0 Å². The first-order chi connectivity index (χ1) is 13.3. The molecule has 1 amide bonds. The van der Waals surface area contributed by atoms with Crippen molar-refractivity contribution in [3.05, 3.63) is 58.5 Å². The van der Waals surface area contributed by atoms with E-state index in [2.05, 4.69) is 20.4 Å². The Bertz CT molecular complexity index is 1040. The molecule has 1 aliphatic rings. The predicted molar refractivity (Wildman–Crippen MR) is 109 cm³/mol. The van der Waals surface area contributed by atoms with Gasteiger partial charge in [-0.05, 0) is 51.5 Å². The van der Waals surface area contributed by atoms with Crippen molar-refractivity contribution in [3.63, 3.8) is 0 Å². The number of thioether (sulfide) groups is 1. The second-order valence-corrected chi connectivity index (χ2v) is 8.40. The average Bonchev–Trinajstić information content (AvgIpc) is 2.88. The summed E-state index contributed by atoms with van der Waals surface area (Å²) in [6, 6.07) is 8.97. The van der Waals surface area contributed by atoms with Gasteiger partial charge in [-0.3, -0.25) is 4.79 Å². The zero-order valence-electron chi connectivity index (χ0n) is 16.1. The van der Waals surface area contributed by atoms with Crippen LogP contribution in [0.25, 0.3) is 5.95 Å². The van der Waals surface area contributed by atoms with Gasteiger partial charge >= 0.3 is 0 Å². The molecule has 7 nitrogen and oxygen atoms in total. The van der Waals surface area contributed by atoms with Crippen LogP contribution in [0.4, 0.5) is 5.82 Å². The van der Waals surface area contributed by atoms with Crippen LogP contribution in [0.3, 0.4) is 0 Å². The maximum atomic E-state index is 12.7. The summed E-state index contributed by atoms with van der Waals surface area (Å²) >= 11 is 1.56. The summed E-state index contributed by atoms with van der Waals surface area (Å²) in [7, 11) is 0. The molecule has 2 aromatic heterocycles. The number of nitrogens with zero attached hydrogens (tertiary/aromatic N) is 4. The SMILES string of the molecule is Cc1cc(C)nc(-n2nc(C)c3c2NC(=O)C(C)SC3c2ccc(O)cc2)n1. The lowest BCUT2D eigenvalue weighted by Gasteiger charge is -2.17. The number of carbonyl (C=O) groups excluding carboxylic acids is 1. The van der Waals surface area contributed by atoms with Gasteiger partial charge in [0.1, 0.15) is 11.6 Å². The van der Waals surface area contributed by atoms with Crippen molar-refractivity contribution in [2.45, 2.75) is 38.2 Å². The smallest absolute Gasteiger partial charge is 0.252 e. The third-order valence-electron chi connectivity index (χ3n) is 4.68. The first-order valence-corrected chi connectivity index (χ1v) is 9.95. The molecule has 8 heteroatoms. The summed E-state index contributed by atoms with van der Waals surface area (Å²) in [5, 5.41) is 17.0. The van der Waals surface area contributed by atoms with Crippen LogP contribution in [0.1, 0.15) is 40.4 Å². The minimum Gasteiger partial charge on any atom is -0.508 e. The molecule has 28 heavy (non-hydrogen) atoms. The van der Waals surface area contributed by atoms with Crippen LogP contribution >= 0.6 is 11.8 Å². The highest BCUT2D eigenvalue weighted by Gasteiger charge is 2.34. The number of amides is 1. The Labute approximate surface area is 167 Å². The molecule has 2 atom stereocenters. The molecular formula is C20H21N5O2S. The number of carbonyl (C=O) groups is 1. The van der Waals surface area contributed by atoms with Gasteiger partial charge in [-0.15, -0.1) is 11.8 Å². The lowest BCUT2D eigenvalue weighted by atomic mass is 10.0. The minimum atomic E-state index is -0.251. The van der Waals surface area contributed by atoms with Crippen LogP contribution in [0.5, 0.6) is 5.75 Å². The minimum absolute atomic E-state index is 0.0851. The lowest BCUT2D eigenvalue weighted by Crippen LogP contribution is -2.23. The fourth-order valence-electron chi connectivity index (χ4n) is 3.37. The largest absolute Gasteiger partial charge is 0.508 e. The van der Waals surface area contributed by atoms with Gasteiger partial charge in [-0.25, -0.2) is 9.97 Å². The standard InChI is InChI=1S/C20H21N5O2S/c1-10-9-11(2)22-20(21-10)25-18-16(12(3)24-25)17(28-13(4)19(27)23-18)14-5-7-15(26)8-6-14/h5-9,13,17,26H,1-4H3,(H,23,27). The van der Waals surface area contributed by atoms with E-state index in [-0.39, 0.29) is 22.2 Å². The Balaban J connectivity index is 1.92. The molecule has 144 valence electrons. The van der Waals surface area contributed by atoms with Gasteiger partial charge in [-0.1, -0.05) is 12.1 Å². The van der Waals surface area contributed by atoms with Crippen LogP contribution in [-0.4, -0.2) is 36.0 Å². The molecule has 0 fully saturated rings. The Hall–Kier alpha value is -2.87. The molecular weight excluding hydrogens is 374 g/mol. The van der Waals surface area contributed by atoms with Crippen LogP contribution in [-0.2, 0) is 4.79 Å². The molecule has 3 heterocycles. The highest BCUT2D eigenvalue weighted by Crippen LogP contribution is 2.46. The van der Waals surface area contributed by atoms with E-state index in [0.717, 1.165) is 28.2 Å². The summed E-state index contributed by atoms with van der Waals surface area (Å²) in [6.45, 7) is 7.62. The predicted octanol–water partition coefficient (Wildman–Crippen LogP) is 3.46. The molecule has 1 aromatic carbocycles. The van der Waals surface area contributed by atoms with E-state index < -0.39 is 0 Å². The number of hydrogen-bond donors (Lipinski definition) is 2. The first kappa shape index (κ1) is 18.5. The molecule has 2 N–H and O–H groups in total. The number of phenolic OH excluding ortho intramolecular Hbond substituents is 1. The van der Waals surface area contributed by atoms with Crippen LogP contribution in [0.2, 0.25) is 0 Å². The van der Waals surface area contributed by atoms with E-state index in [1.807, 2.05) is 45.9 Å². The molecule has 0 bridgehead atoms. The van der Waals surface area contributed by atoms with Crippen molar-refractivity contribution in [2.75, 3.05) is 5.32 Å². The summed E-state index contributed by atoms with van der Waals surface area (Å²) in [4.78, 5) is 21.7. The van der Waals surface area contributed by atoms with Crippen molar-refractivity contribution in [2.24, 2.45) is 0 Å².